The topological polar surface area (TPSA) is 55.1 Å². The van der Waals surface area contributed by atoms with Crippen molar-refractivity contribution in [2.45, 2.75) is 19.0 Å². The number of aromatic carboxylic acids is 1. The largest absolute Gasteiger partial charge is 0.478 e. The summed E-state index contributed by atoms with van der Waals surface area (Å²) in [6.45, 7) is 1.54. The summed E-state index contributed by atoms with van der Waals surface area (Å²) in [6, 6.07) is 0. The Bertz CT molecular complexity index is 389. The lowest BCUT2D eigenvalue weighted by Crippen LogP contribution is -2.10. The highest BCUT2D eigenvalue weighted by Gasteiger charge is 2.27. The summed E-state index contributed by atoms with van der Waals surface area (Å²) in [4.78, 5) is 10.6. The van der Waals surface area contributed by atoms with Crippen LogP contribution in [0.4, 0.5) is 13.2 Å². The molecule has 0 aliphatic carbocycles. The fourth-order valence-corrected chi connectivity index (χ4v) is 1.63. The highest BCUT2D eigenvalue weighted by atomic mass is 32.2. The fraction of sp³-hybridized carbons (Fsp3) is 0.500. The van der Waals surface area contributed by atoms with Gasteiger partial charge in [0.1, 0.15) is 5.56 Å². The highest BCUT2D eigenvalue weighted by Crippen LogP contribution is 2.30. The van der Waals surface area contributed by atoms with Gasteiger partial charge in [0.2, 0.25) is 0 Å². The molecule has 0 amide bonds. The molecule has 0 aromatic carbocycles. The van der Waals surface area contributed by atoms with E-state index in [0.717, 1.165) is 6.20 Å². The maximum Gasteiger partial charge on any atom is 0.441 e. The van der Waals surface area contributed by atoms with Gasteiger partial charge in [0.15, 0.2) is 0 Å². The molecule has 0 atom stereocenters. The van der Waals surface area contributed by atoms with Crippen LogP contribution in [0, 0.1) is 6.92 Å². The second kappa shape index (κ2) is 4.77. The second-order valence-electron chi connectivity index (χ2n) is 2.97. The number of aromatic nitrogens is 2. The Balaban J connectivity index is 2.59. The molecule has 1 aromatic rings. The lowest BCUT2D eigenvalue weighted by molar-refractivity contribution is -0.0328. The molecule has 1 aromatic heterocycles. The first-order valence-corrected chi connectivity index (χ1v) is 5.26. The summed E-state index contributed by atoms with van der Waals surface area (Å²) < 4.78 is 36.7. The molecule has 0 unspecified atom stereocenters. The van der Waals surface area contributed by atoms with Gasteiger partial charge >= 0.3 is 11.5 Å². The van der Waals surface area contributed by atoms with Gasteiger partial charge in [-0.05, 0) is 18.7 Å². The van der Waals surface area contributed by atoms with Gasteiger partial charge in [-0.3, -0.25) is 4.68 Å². The predicted molar refractivity (Wildman–Crippen MR) is 52.4 cm³/mol. The van der Waals surface area contributed by atoms with Crippen LogP contribution in [-0.4, -0.2) is 32.1 Å². The fourth-order valence-electron chi connectivity index (χ4n) is 1.13. The van der Waals surface area contributed by atoms with E-state index in [1.165, 1.54) is 11.6 Å². The lowest BCUT2D eigenvalue weighted by atomic mass is 10.3. The van der Waals surface area contributed by atoms with E-state index < -0.39 is 11.5 Å². The van der Waals surface area contributed by atoms with E-state index >= 15 is 0 Å². The number of thioether (sulfide) groups is 1. The van der Waals surface area contributed by atoms with Gasteiger partial charge in [0.25, 0.3) is 0 Å². The smallest absolute Gasteiger partial charge is 0.441 e. The van der Waals surface area contributed by atoms with Crippen LogP contribution in [0.15, 0.2) is 6.20 Å². The summed E-state index contributed by atoms with van der Waals surface area (Å²) in [5.74, 6) is -1.32. The molecule has 1 heterocycles. The number of carboxylic acid groups (broad SMARTS) is 1. The van der Waals surface area contributed by atoms with E-state index in [9.17, 15) is 18.0 Å². The van der Waals surface area contributed by atoms with Crippen molar-refractivity contribution in [2.75, 3.05) is 5.75 Å². The average Bonchev–Trinajstić information content (AvgIpc) is 2.46. The van der Waals surface area contributed by atoms with Crippen molar-refractivity contribution in [3.05, 3.63) is 17.5 Å². The molecule has 0 aliphatic heterocycles. The molecular formula is C8H9F3N2O2S. The molecule has 0 spiro atoms. The van der Waals surface area contributed by atoms with Gasteiger partial charge in [0, 0.05) is 11.4 Å². The first-order valence-electron chi connectivity index (χ1n) is 4.27. The maximum atomic E-state index is 11.8. The number of halogens is 3. The number of hydrogen-bond donors (Lipinski definition) is 1. The normalized spacial score (nSPS) is 11.8. The summed E-state index contributed by atoms with van der Waals surface area (Å²) >= 11 is -0.153. The Morgan fingerprint density at radius 3 is 2.69 bits per heavy atom. The van der Waals surface area contributed by atoms with Crippen LogP contribution in [0.3, 0.4) is 0 Å². The lowest BCUT2D eigenvalue weighted by Gasteiger charge is -2.06. The van der Waals surface area contributed by atoms with Crippen molar-refractivity contribution in [3.63, 3.8) is 0 Å². The zero-order valence-corrected chi connectivity index (χ0v) is 9.10. The molecule has 1 rings (SSSR count). The minimum absolute atomic E-state index is 0.0111. The summed E-state index contributed by atoms with van der Waals surface area (Å²) in [5, 5.41) is 12.4. The van der Waals surface area contributed by atoms with Gasteiger partial charge in [-0.15, -0.1) is 0 Å². The Labute approximate surface area is 93.4 Å². The van der Waals surface area contributed by atoms with E-state index in [-0.39, 0.29) is 29.6 Å². The van der Waals surface area contributed by atoms with E-state index in [1.807, 2.05) is 0 Å². The zero-order chi connectivity index (χ0) is 12.3. The molecule has 0 saturated carbocycles. The molecule has 1 N–H and O–H groups in total. The van der Waals surface area contributed by atoms with Gasteiger partial charge in [-0.2, -0.15) is 18.3 Å². The van der Waals surface area contributed by atoms with Crippen molar-refractivity contribution in [2.24, 2.45) is 0 Å². The van der Waals surface area contributed by atoms with Crippen LogP contribution in [0.1, 0.15) is 16.1 Å². The van der Waals surface area contributed by atoms with Gasteiger partial charge in [0.05, 0.1) is 12.7 Å². The molecule has 0 saturated heterocycles. The second-order valence-corrected chi connectivity index (χ2v) is 4.13. The first-order chi connectivity index (χ1) is 7.31. The maximum absolute atomic E-state index is 11.8. The molecule has 0 aliphatic rings. The minimum Gasteiger partial charge on any atom is -0.478 e. The van der Waals surface area contributed by atoms with Gasteiger partial charge < -0.3 is 5.11 Å². The molecule has 0 bridgehead atoms. The molecule has 16 heavy (non-hydrogen) atoms. The Kier molecular flexibility index (Phi) is 3.84. The number of rotatable bonds is 4. The number of hydrogen-bond acceptors (Lipinski definition) is 3. The Morgan fingerprint density at radius 1 is 1.62 bits per heavy atom. The Hall–Kier alpha value is -1.18. The van der Waals surface area contributed by atoms with Crippen LogP contribution in [-0.2, 0) is 6.54 Å². The van der Waals surface area contributed by atoms with Crippen LogP contribution in [0.25, 0.3) is 0 Å². The van der Waals surface area contributed by atoms with Crippen molar-refractivity contribution in [1.29, 1.82) is 0 Å². The van der Waals surface area contributed by atoms with Gasteiger partial charge in [-0.25, -0.2) is 4.79 Å². The summed E-state index contributed by atoms with van der Waals surface area (Å²) in [5.41, 5.74) is -3.90. The number of nitrogens with zero attached hydrogens (tertiary/aromatic N) is 2. The molecule has 90 valence electrons. The first kappa shape index (κ1) is 12.9. The highest BCUT2D eigenvalue weighted by molar-refractivity contribution is 8.00. The van der Waals surface area contributed by atoms with E-state index in [1.54, 1.807) is 0 Å². The van der Waals surface area contributed by atoms with Crippen LogP contribution in [0.5, 0.6) is 0 Å². The molecular weight excluding hydrogens is 245 g/mol. The predicted octanol–water partition coefficient (Wildman–Crippen LogP) is 2.14. The molecule has 0 radical (unpaired) electrons. The van der Waals surface area contributed by atoms with Crippen LogP contribution in [0.2, 0.25) is 0 Å². The van der Waals surface area contributed by atoms with Gasteiger partial charge in [-0.1, -0.05) is 0 Å². The van der Waals surface area contributed by atoms with Crippen LogP contribution < -0.4 is 0 Å². The standard InChI is InChI=1S/C8H9F3N2O2S/c1-5-6(7(14)15)4-12-13(5)2-3-16-8(9,10)11/h4H,2-3H2,1H3,(H,14,15). The van der Waals surface area contributed by atoms with E-state index in [0.29, 0.717) is 5.69 Å². The van der Waals surface area contributed by atoms with Crippen molar-refractivity contribution < 1.29 is 23.1 Å². The Morgan fingerprint density at radius 2 is 2.25 bits per heavy atom. The number of carbonyl (C=O) groups is 1. The van der Waals surface area contributed by atoms with E-state index in [2.05, 4.69) is 5.10 Å². The van der Waals surface area contributed by atoms with Crippen LogP contribution >= 0.6 is 11.8 Å². The number of alkyl halides is 3. The van der Waals surface area contributed by atoms with Crippen molar-refractivity contribution >= 4 is 17.7 Å². The molecule has 8 heteroatoms. The molecule has 0 fully saturated rings. The minimum atomic E-state index is -4.27. The summed E-state index contributed by atoms with van der Waals surface area (Å²) in [7, 11) is 0. The zero-order valence-electron chi connectivity index (χ0n) is 8.28. The average molecular weight is 254 g/mol. The monoisotopic (exact) mass is 254 g/mol. The van der Waals surface area contributed by atoms with Crippen molar-refractivity contribution in [3.8, 4) is 0 Å². The summed E-state index contributed by atoms with van der Waals surface area (Å²) in [6.07, 6.45) is 1.13. The molecule has 4 nitrogen and oxygen atoms in total. The third-order valence-corrected chi connectivity index (χ3v) is 2.62. The third kappa shape index (κ3) is 3.44. The SMILES string of the molecule is Cc1c(C(=O)O)cnn1CCSC(F)(F)F. The van der Waals surface area contributed by atoms with E-state index in [4.69, 9.17) is 5.11 Å². The van der Waals surface area contributed by atoms with Crippen molar-refractivity contribution in [1.82, 2.24) is 9.78 Å². The number of aryl methyl sites for hydroxylation is 1. The quantitative estimate of drug-likeness (QED) is 0.894. The number of carboxylic acids is 1. The third-order valence-electron chi connectivity index (χ3n) is 1.90.